The van der Waals surface area contributed by atoms with Crippen molar-refractivity contribution in [3.05, 3.63) is 36.4 Å². The van der Waals surface area contributed by atoms with Crippen LogP contribution in [0, 0.1) is 5.41 Å². The van der Waals surface area contributed by atoms with Gasteiger partial charge in [0.25, 0.3) is 0 Å². The highest BCUT2D eigenvalue weighted by molar-refractivity contribution is 5.71. The van der Waals surface area contributed by atoms with Gasteiger partial charge in [0.2, 0.25) is 0 Å². The fourth-order valence-electron chi connectivity index (χ4n) is 0.550. The molecule has 0 saturated carbocycles. The molecule has 0 rings (SSSR count). The molecule has 0 saturated heterocycles. The van der Waals surface area contributed by atoms with Crippen molar-refractivity contribution in [3.8, 4) is 0 Å². The van der Waals surface area contributed by atoms with Gasteiger partial charge in [-0.15, -0.1) is 0 Å². The molecule has 0 aliphatic carbocycles. The Bertz CT molecular complexity index is 217. The van der Waals surface area contributed by atoms with Crippen LogP contribution in [-0.4, -0.2) is 13.3 Å². The third-order valence-electron chi connectivity index (χ3n) is 1.05. The van der Waals surface area contributed by atoms with Gasteiger partial charge in [0.1, 0.15) is 11.5 Å². The Labute approximate surface area is 72.9 Å². The maximum absolute atomic E-state index is 6.81. The maximum atomic E-state index is 6.81. The summed E-state index contributed by atoms with van der Waals surface area (Å²) in [7, 11) is 1.82. The van der Waals surface area contributed by atoms with Crippen LogP contribution in [0.2, 0.25) is 0 Å². The second kappa shape index (κ2) is 6.22. The van der Waals surface area contributed by atoms with Crippen LogP contribution >= 0.6 is 0 Å². The van der Waals surface area contributed by atoms with Crippen LogP contribution in [0.25, 0.3) is 0 Å². The monoisotopic (exact) mass is 166 g/mol. The van der Waals surface area contributed by atoms with Crippen molar-refractivity contribution < 1.29 is 4.74 Å². The van der Waals surface area contributed by atoms with Gasteiger partial charge in [0.05, 0.1) is 6.21 Å². The van der Waals surface area contributed by atoms with E-state index in [1.165, 1.54) is 0 Å². The minimum atomic E-state index is 0.335. The molecule has 0 aromatic heterocycles. The van der Waals surface area contributed by atoms with Crippen LogP contribution in [0.1, 0.15) is 6.92 Å². The van der Waals surface area contributed by atoms with Crippen molar-refractivity contribution in [2.45, 2.75) is 6.92 Å². The van der Waals surface area contributed by atoms with Crippen molar-refractivity contribution in [2.24, 2.45) is 0 Å². The fourth-order valence-corrected chi connectivity index (χ4v) is 0.550. The van der Waals surface area contributed by atoms with E-state index in [4.69, 9.17) is 10.1 Å². The van der Waals surface area contributed by atoms with Gasteiger partial charge in [-0.2, -0.15) is 0 Å². The summed E-state index contributed by atoms with van der Waals surface area (Å²) in [6.07, 6.45) is 6.44. The van der Waals surface area contributed by atoms with Crippen LogP contribution in [0.3, 0.4) is 0 Å². The molecule has 0 heterocycles. The predicted octanol–water partition coefficient (Wildman–Crippen LogP) is 1.80. The van der Waals surface area contributed by atoms with E-state index in [0.29, 0.717) is 11.5 Å². The fraction of sp³-hybridized carbons (Fsp3) is 0.222. The topological polar surface area (TPSA) is 45.1 Å². The van der Waals surface area contributed by atoms with E-state index in [-0.39, 0.29) is 0 Å². The number of hydrogen-bond acceptors (Lipinski definition) is 3. The van der Waals surface area contributed by atoms with Crippen molar-refractivity contribution in [1.29, 1.82) is 5.41 Å². The Hall–Kier alpha value is -1.51. The average Bonchev–Trinajstić information content (AvgIpc) is 2.05. The highest BCUT2D eigenvalue weighted by Gasteiger charge is 1.89. The van der Waals surface area contributed by atoms with E-state index >= 15 is 0 Å². The Morgan fingerprint density at radius 1 is 1.58 bits per heavy atom. The molecule has 0 aliphatic rings. The minimum absolute atomic E-state index is 0.335. The SMILES string of the molecule is C=C(C=N)O/C(C)=C/C=C\NC. The van der Waals surface area contributed by atoms with Crippen LogP contribution in [-0.2, 0) is 4.74 Å². The van der Waals surface area contributed by atoms with Gasteiger partial charge >= 0.3 is 0 Å². The van der Waals surface area contributed by atoms with Gasteiger partial charge < -0.3 is 15.5 Å². The third kappa shape index (κ3) is 5.29. The number of nitrogens with one attached hydrogen (secondary N) is 2. The molecule has 0 aliphatic heterocycles. The smallest absolute Gasteiger partial charge is 0.137 e. The molecule has 0 atom stereocenters. The zero-order valence-electron chi connectivity index (χ0n) is 7.42. The molecule has 0 radical (unpaired) electrons. The molecule has 12 heavy (non-hydrogen) atoms. The lowest BCUT2D eigenvalue weighted by Crippen LogP contribution is -1.91. The molecule has 66 valence electrons. The summed E-state index contributed by atoms with van der Waals surface area (Å²) < 4.78 is 5.09. The first-order valence-corrected chi connectivity index (χ1v) is 3.58. The lowest BCUT2D eigenvalue weighted by Gasteiger charge is -2.01. The number of hydrogen-bond donors (Lipinski definition) is 2. The molecule has 0 aromatic rings. The molecule has 0 amide bonds. The van der Waals surface area contributed by atoms with Crippen LogP contribution in [0.15, 0.2) is 36.4 Å². The minimum Gasteiger partial charge on any atom is -0.461 e. The summed E-state index contributed by atoms with van der Waals surface area (Å²) in [6, 6.07) is 0. The summed E-state index contributed by atoms with van der Waals surface area (Å²) in [5.41, 5.74) is 0. The lowest BCUT2D eigenvalue weighted by atomic mass is 10.4. The normalized spacial score (nSPS) is 11.3. The van der Waals surface area contributed by atoms with Gasteiger partial charge in [-0.3, -0.25) is 0 Å². The van der Waals surface area contributed by atoms with E-state index < -0.39 is 0 Å². The summed E-state index contributed by atoms with van der Waals surface area (Å²) in [5.74, 6) is 1.04. The highest BCUT2D eigenvalue weighted by Crippen LogP contribution is 2.00. The van der Waals surface area contributed by atoms with Crippen LogP contribution in [0.5, 0.6) is 0 Å². The Balaban J connectivity index is 3.93. The van der Waals surface area contributed by atoms with E-state index in [1.807, 2.05) is 13.1 Å². The van der Waals surface area contributed by atoms with Gasteiger partial charge in [-0.1, -0.05) is 6.58 Å². The molecule has 0 unspecified atom stereocenters. The van der Waals surface area contributed by atoms with Gasteiger partial charge in [-0.25, -0.2) is 0 Å². The van der Waals surface area contributed by atoms with E-state index in [1.54, 1.807) is 19.2 Å². The highest BCUT2D eigenvalue weighted by atomic mass is 16.5. The second-order valence-electron chi connectivity index (χ2n) is 2.14. The molecule has 0 bridgehead atoms. The van der Waals surface area contributed by atoms with E-state index in [0.717, 1.165) is 6.21 Å². The first-order valence-electron chi connectivity index (χ1n) is 3.58. The number of ether oxygens (including phenoxy) is 1. The van der Waals surface area contributed by atoms with Crippen molar-refractivity contribution in [2.75, 3.05) is 7.05 Å². The zero-order chi connectivity index (χ0) is 9.40. The lowest BCUT2D eigenvalue weighted by molar-refractivity contribution is 0.334. The number of allylic oxidation sites excluding steroid dienone is 4. The van der Waals surface area contributed by atoms with E-state index in [2.05, 4.69) is 11.9 Å². The molecule has 0 aromatic carbocycles. The molecular weight excluding hydrogens is 152 g/mol. The summed E-state index contributed by atoms with van der Waals surface area (Å²) >= 11 is 0. The average molecular weight is 166 g/mol. The van der Waals surface area contributed by atoms with E-state index in [9.17, 15) is 0 Å². The van der Waals surface area contributed by atoms with Gasteiger partial charge in [0.15, 0.2) is 0 Å². The first-order chi connectivity index (χ1) is 5.70. The first kappa shape index (κ1) is 10.5. The van der Waals surface area contributed by atoms with Crippen LogP contribution in [0.4, 0.5) is 0 Å². The number of rotatable bonds is 5. The molecule has 2 N–H and O–H groups in total. The quantitative estimate of drug-likeness (QED) is 0.371. The summed E-state index contributed by atoms with van der Waals surface area (Å²) in [6.45, 7) is 5.30. The van der Waals surface area contributed by atoms with Crippen molar-refractivity contribution >= 4 is 6.21 Å². The van der Waals surface area contributed by atoms with Crippen molar-refractivity contribution in [3.63, 3.8) is 0 Å². The van der Waals surface area contributed by atoms with Crippen LogP contribution < -0.4 is 5.32 Å². The Morgan fingerprint density at radius 2 is 2.25 bits per heavy atom. The molecule has 0 spiro atoms. The summed E-state index contributed by atoms with van der Waals surface area (Å²) in [4.78, 5) is 0. The molecule has 3 nitrogen and oxygen atoms in total. The van der Waals surface area contributed by atoms with Gasteiger partial charge in [-0.05, 0) is 25.3 Å². The largest absolute Gasteiger partial charge is 0.461 e. The zero-order valence-corrected chi connectivity index (χ0v) is 7.42. The molecular formula is C9H14N2O. The Morgan fingerprint density at radius 3 is 2.75 bits per heavy atom. The third-order valence-corrected chi connectivity index (χ3v) is 1.05. The van der Waals surface area contributed by atoms with Gasteiger partial charge in [0, 0.05) is 7.05 Å². The van der Waals surface area contributed by atoms with Crippen molar-refractivity contribution in [1.82, 2.24) is 5.32 Å². The predicted molar refractivity (Wildman–Crippen MR) is 51.0 cm³/mol. The molecule has 0 fully saturated rings. The summed E-state index contributed by atoms with van der Waals surface area (Å²) in [5, 5.41) is 9.65. The maximum Gasteiger partial charge on any atom is 0.137 e. The molecule has 3 heteroatoms. The second-order valence-corrected chi connectivity index (χ2v) is 2.14. The standard InChI is InChI=1S/C9H14N2O/c1-8(5-4-6-11-3)12-9(2)7-10/h4-7,10-11H,2H2,1,3H3/b6-4-,8-5+,10-7?. The Kier molecular flexibility index (Phi) is 5.43.